The zero-order valence-corrected chi connectivity index (χ0v) is 23.0. The van der Waals surface area contributed by atoms with Gasteiger partial charge in [-0.3, -0.25) is 13.9 Å². The maximum Gasteiger partial charge on any atom is 0.244 e. The second-order valence-electron chi connectivity index (χ2n) is 9.62. The molecule has 1 fully saturated rings. The van der Waals surface area contributed by atoms with Gasteiger partial charge in [0.05, 0.1) is 11.9 Å². The van der Waals surface area contributed by atoms with Gasteiger partial charge in [0.1, 0.15) is 12.6 Å². The molecule has 7 nitrogen and oxygen atoms in total. The molecule has 0 unspecified atom stereocenters. The Kier molecular flexibility index (Phi) is 9.41. The lowest BCUT2D eigenvalue weighted by Gasteiger charge is -2.33. The van der Waals surface area contributed by atoms with Gasteiger partial charge in [-0.2, -0.15) is 0 Å². The van der Waals surface area contributed by atoms with E-state index in [1.54, 1.807) is 18.2 Å². The number of aryl methyl sites for hydroxylation is 2. The highest BCUT2D eigenvalue weighted by atomic mass is 35.5. The van der Waals surface area contributed by atoms with Crippen LogP contribution in [0.1, 0.15) is 55.7 Å². The minimum Gasteiger partial charge on any atom is -0.352 e. The van der Waals surface area contributed by atoms with Crippen molar-refractivity contribution < 1.29 is 18.0 Å². The van der Waals surface area contributed by atoms with Gasteiger partial charge in [0.15, 0.2) is 0 Å². The third-order valence-corrected chi connectivity index (χ3v) is 8.03. The highest BCUT2D eigenvalue weighted by Gasteiger charge is 2.33. The van der Waals surface area contributed by atoms with Gasteiger partial charge in [0.2, 0.25) is 21.8 Å². The second kappa shape index (κ2) is 12.1. The van der Waals surface area contributed by atoms with E-state index in [4.69, 9.17) is 11.6 Å². The summed E-state index contributed by atoms with van der Waals surface area (Å²) in [5.74, 6) is -0.645. The minimum absolute atomic E-state index is 0.113. The van der Waals surface area contributed by atoms with Crippen molar-refractivity contribution in [3.63, 3.8) is 0 Å². The summed E-state index contributed by atoms with van der Waals surface area (Å²) in [7, 11) is -3.76. The molecule has 1 saturated carbocycles. The SMILES string of the molecule is CC[C@H](C(=O)NC1CCCC1)N(Cc1ccc(Cl)cc1)C(=O)CN(c1ccc(C)cc1C)S(C)(=O)=O. The summed E-state index contributed by atoms with van der Waals surface area (Å²) in [6.45, 7) is 5.37. The van der Waals surface area contributed by atoms with Crippen LogP contribution in [0, 0.1) is 13.8 Å². The van der Waals surface area contributed by atoms with Crippen LogP contribution in [-0.4, -0.2) is 50.0 Å². The Morgan fingerprint density at radius 3 is 2.28 bits per heavy atom. The van der Waals surface area contributed by atoms with Gasteiger partial charge in [0.25, 0.3) is 0 Å². The Bertz CT molecular complexity index is 1180. The lowest BCUT2D eigenvalue weighted by Crippen LogP contribution is -2.53. The van der Waals surface area contributed by atoms with Crippen molar-refractivity contribution in [1.82, 2.24) is 10.2 Å². The van der Waals surface area contributed by atoms with Crippen molar-refractivity contribution in [2.75, 3.05) is 17.1 Å². The van der Waals surface area contributed by atoms with E-state index in [1.807, 2.05) is 45.0 Å². The van der Waals surface area contributed by atoms with Crippen LogP contribution in [0.3, 0.4) is 0 Å². The van der Waals surface area contributed by atoms with Crippen molar-refractivity contribution in [2.45, 2.75) is 71.5 Å². The van der Waals surface area contributed by atoms with Gasteiger partial charge < -0.3 is 10.2 Å². The Morgan fingerprint density at radius 1 is 1.08 bits per heavy atom. The summed E-state index contributed by atoms with van der Waals surface area (Å²) in [4.78, 5) is 28.6. The van der Waals surface area contributed by atoms with Crippen LogP contribution in [-0.2, 0) is 26.2 Å². The molecule has 0 saturated heterocycles. The van der Waals surface area contributed by atoms with Gasteiger partial charge in [-0.1, -0.05) is 61.2 Å². The molecule has 1 N–H and O–H groups in total. The molecule has 1 aliphatic carbocycles. The van der Waals surface area contributed by atoms with E-state index < -0.39 is 28.5 Å². The summed E-state index contributed by atoms with van der Waals surface area (Å²) in [5, 5.41) is 3.68. The number of amides is 2. The number of halogens is 1. The van der Waals surface area contributed by atoms with Gasteiger partial charge >= 0.3 is 0 Å². The first kappa shape index (κ1) is 28.0. The quantitative estimate of drug-likeness (QED) is 0.484. The lowest BCUT2D eigenvalue weighted by molar-refractivity contribution is -0.140. The molecule has 0 aliphatic heterocycles. The molecule has 9 heteroatoms. The normalized spacial score (nSPS) is 14.9. The number of carbonyl (C=O) groups excluding carboxylic acids is 2. The summed E-state index contributed by atoms with van der Waals surface area (Å²) in [6.07, 6.45) is 5.51. The number of carbonyl (C=O) groups is 2. The smallest absolute Gasteiger partial charge is 0.244 e. The molecular weight excluding hydrogens is 498 g/mol. The first-order valence-corrected chi connectivity index (χ1v) is 14.6. The van der Waals surface area contributed by atoms with E-state index in [2.05, 4.69) is 5.32 Å². The van der Waals surface area contributed by atoms with E-state index in [1.165, 1.54) is 4.90 Å². The number of nitrogens with one attached hydrogen (secondary N) is 1. The monoisotopic (exact) mass is 533 g/mol. The second-order valence-corrected chi connectivity index (χ2v) is 12.0. The number of hydrogen-bond donors (Lipinski definition) is 1. The van der Waals surface area contributed by atoms with Crippen molar-refractivity contribution in [2.24, 2.45) is 0 Å². The summed E-state index contributed by atoms with van der Waals surface area (Å²) in [6, 6.07) is 11.9. The number of hydrogen-bond acceptors (Lipinski definition) is 4. The van der Waals surface area contributed by atoms with Crippen LogP contribution >= 0.6 is 11.6 Å². The van der Waals surface area contributed by atoms with E-state index in [0.717, 1.165) is 52.9 Å². The topological polar surface area (TPSA) is 86.8 Å². The van der Waals surface area contributed by atoms with Crippen LogP contribution in [0.2, 0.25) is 5.02 Å². The van der Waals surface area contributed by atoms with Crippen molar-refractivity contribution >= 4 is 39.1 Å². The fourth-order valence-corrected chi connectivity index (χ4v) is 5.79. The summed E-state index contributed by atoms with van der Waals surface area (Å²) in [5.41, 5.74) is 3.00. The molecule has 0 heterocycles. The molecule has 1 atom stereocenters. The van der Waals surface area contributed by atoms with Crippen LogP contribution in [0.4, 0.5) is 5.69 Å². The van der Waals surface area contributed by atoms with Crippen molar-refractivity contribution in [3.05, 3.63) is 64.2 Å². The van der Waals surface area contributed by atoms with Gasteiger partial charge in [-0.15, -0.1) is 0 Å². The number of rotatable bonds is 10. The third kappa shape index (κ3) is 7.23. The standard InChI is InChI=1S/C27H36ClN3O4S/c1-5-24(27(33)29-23-8-6-7-9-23)30(17-21-11-13-22(28)14-12-21)26(32)18-31(36(4,34)35)25-15-10-19(2)16-20(25)3/h10-16,23-24H,5-9,17-18H2,1-4H3,(H,29,33)/t24-/m1/s1. The third-order valence-electron chi connectivity index (χ3n) is 6.65. The average Bonchev–Trinajstić information content (AvgIpc) is 3.31. The maximum absolute atomic E-state index is 13.8. The van der Waals surface area contributed by atoms with E-state index in [0.29, 0.717) is 17.1 Å². The van der Waals surface area contributed by atoms with Crippen LogP contribution in [0.5, 0.6) is 0 Å². The largest absolute Gasteiger partial charge is 0.352 e. The molecule has 196 valence electrons. The highest BCUT2D eigenvalue weighted by molar-refractivity contribution is 7.92. The predicted octanol–water partition coefficient (Wildman–Crippen LogP) is 4.59. The molecular formula is C27H36ClN3O4S. The Hall–Kier alpha value is -2.58. The summed E-state index contributed by atoms with van der Waals surface area (Å²) >= 11 is 6.04. The number of nitrogens with zero attached hydrogens (tertiary/aromatic N) is 2. The number of benzene rings is 2. The highest BCUT2D eigenvalue weighted by Crippen LogP contribution is 2.25. The minimum atomic E-state index is -3.76. The Morgan fingerprint density at radius 2 is 1.72 bits per heavy atom. The molecule has 2 aromatic rings. The first-order valence-electron chi connectivity index (χ1n) is 12.4. The van der Waals surface area contributed by atoms with E-state index in [-0.39, 0.29) is 18.5 Å². The Labute approximate surface area is 219 Å². The van der Waals surface area contributed by atoms with Gasteiger partial charge in [-0.25, -0.2) is 8.42 Å². The summed E-state index contributed by atoms with van der Waals surface area (Å²) < 4.78 is 26.7. The predicted molar refractivity (Wildman–Crippen MR) is 145 cm³/mol. The molecule has 0 radical (unpaired) electrons. The van der Waals surface area contributed by atoms with Crippen molar-refractivity contribution in [3.8, 4) is 0 Å². The maximum atomic E-state index is 13.8. The zero-order chi connectivity index (χ0) is 26.5. The first-order chi connectivity index (χ1) is 17.0. The molecule has 2 aromatic carbocycles. The fraction of sp³-hybridized carbons (Fsp3) is 0.481. The van der Waals surface area contributed by atoms with Crippen LogP contribution in [0.15, 0.2) is 42.5 Å². The Balaban J connectivity index is 1.93. The lowest BCUT2D eigenvalue weighted by atomic mass is 10.1. The molecule has 36 heavy (non-hydrogen) atoms. The molecule has 0 aromatic heterocycles. The molecule has 1 aliphatic rings. The number of anilines is 1. The molecule has 0 spiro atoms. The molecule has 2 amide bonds. The molecule has 3 rings (SSSR count). The van der Waals surface area contributed by atoms with Crippen LogP contribution < -0.4 is 9.62 Å². The van der Waals surface area contributed by atoms with Gasteiger partial charge in [-0.05, 0) is 62.4 Å². The number of sulfonamides is 1. The van der Waals surface area contributed by atoms with E-state index >= 15 is 0 Å². The zero-order valence-electron chi connectivity index (χ0n) is 21.5. The van der Waals surface area contributed by atoms with Gasteiger partial charge in [0, 0.05) is 17.6 Å². The average molecular weight is 534 g/mol. The fourth-order valence-electron chi connectivity index (χ4n) is 4.75. The van der Waals surface area contributed by atoms with Crippen molar-refractivity contribution in [1.29, 1.82) is 0 Å². The van der Waals surface area contributed by atoms with E-state index in [9.17, 15) is 18.0 Å². The molecule has 0 bridgehead atoms. The van der Waals surface area contributed by atoms with Crippen LogP contribution in [0.25, 0.3) is 0 Å².